The van der Waals surface area contributed by atoms with Gasteiger partial charge in [-0.3, -0.25) is 9.80 Å². The fourth-order valence-corrected chi connectivity index (χ4v) is 2.96. The van der Waals surface area contributed by atoms with Gasteiger partial charge in [0.25, 0.3) is 0 Å². The summed E-state index contributed by atoms with van der Waals surface area (Å²) < 4.78 is 18.9. The van der Waals surface area contributed by atoms with Crippen molar-refractivity contribution in [2.45, 2.75) is 20.0 Å². The molecule has 118 valence electrons. The minimum Gasteiger partial charge on any atom is -0.361 e. The number of hydrogen-bond acceptors (Lipinski definition) is 4. The van der Waals surface area contributed by atoms with E-state index in [4.69, 9.17) is 16.1 Å². The van der Waals surface area contributed by atoms with Crippen molar-refractivity contribution in [3.8, 4) is 0 Å². The molecule has 0 spiro atoms. The number of nitrogens with zero attached hydrogens (tertiary/aromatic N) is 3. The van der Waals surface area contributed by atoms with E-state index >= 15 is 0 Å². The lowest BCUT2D eigenvalue weighted by molar-refractivity contribution is 0.119. The van der Waals surface area contributed by atoms with Crippen LogP contribution in [0.15, 0.2) is 28.8 Å². The van der Waals surface area contributed by atoms with E-state index in [1.165, 1.54) is 6.07 Å². The molecular formula is C16H19ClFN3O. The molecule has 0 unspecified atom stereocenters. The number of rotatable bonds is 4. The molecular weight excluding hydrogens is 305 g/mol. The molecule has 0 N–H and O–H groups in total. The van der Waals surface area contributed by atoms with E-state index in [1.54, 1.807) is 12.1 Å². The Balaban J connectivity index is 1.53. The van der Waals surface area contributed by atoms with Gasteiger partial charge in [-0.25, -0.2) is 4.39 Å². The Bertz CT molecular complexity index is 618. The summed E-state index contributed by atoms with van der Waals surface area (Å²) in [5.41, 5.74) is 1.55. The van der Waals surface area contributed by atoms with Crippen molar-refractivity contribution in [1.82, 2.24) is 15.0 Å². The fourth-order valence-electron chi connectivity index (χ4n) is 2.73. The van der Waals surface area contributed by atoms with Crippen molar-refractivity contribution in [3.05, 3.63) is 52.1 Å². The van der Waals surface area contributed by atoms with E-state index in [1.807, 2.05) is 13.0 Å². The topological polar surface area (TPSA) is 32.5 Å². The van der Waals surface area contributed by atoms with Gasteiger partial charge in [-0.1, -0.05) is 22.8 Å². The Labute approximate surface area is 134 Å². The van der Waals surface area contributed by atoms with Gasteiger partial charge in [-0.2, -0.15) is 0 Å². The van der Waals surface area contributed by atoms with Gasteiger partial charge in [0.15, 0.2) is 0 Å². The van der Waals surface area contributed by atoms with Crippen molar-refractivity contribution < 1.29 is 8.91 Å². The Morgan fingerprint density at radius 2 is 1.86 bits per heavy atom. The molecule has 6 heteroatoms. The van der Waals surface area contributed by atoms with Crippen LogP contribution in [0.4, 0.5) is 4.39 Å². The minimum atomic E-state index is -0.229. The van der Waals surface area contributed by atoms with E-state index in [9.17, 15) is 4.39 Å². The number of aryl methyl sites for hydroxylation is 1. The summed E-state index contributed by atoms with van der Waals surface area (Å²) >= 11 is 6.09. The Morgan fingerprint density at radius 3 is 2.45 bits per heavy atom. The van der Waals surface area contributed by atoms with E-state index in [0.717, 1.165) is 44.2 Å². The number of piperazine rings is 1. The molecule has 0 aliphatic carbocycles. The molecule has 3 rings (SSSR count). The Hall–Kier alpha value is -1.43. The lowest BCUT2D eigenvalue weighted by atomic mass is 10.2. The molecule has 22 heavy (non-hydrogen) atoms. The quantitative estimate of drug-likeness (QED) is 0.865. The highest BCUT2D eigenvalue weighted by Crippen LogP contribution is 2.21. The van der Waals surface area contributed by atoms with Crippen LogP contribution in [0.1, 0.15) is 17.0 Å². The van der Waals surface area contributed by atoms with Crippen LogP contribution >= 0.6 is 11.6 Å². The zero-order valence-corrected chi connectivity index (χ0v) is 13.3. The SMILES string of the molecule is Cc1cc(CN2CCN(Cc3c(F)cccc3Cl)CC2)no1. The molecule has 1 aromatic carbocycles. The van der Waals surface area contributed by atoms with E-state index in [-0.39, 0.29) is 5.82 Å². The molecule has 1 saturated heterocycles. The smallest absolute Gasteiger partial charge is 0.133 e. The molecule has 0 atom stereocenters. The van der Waals surface area contributed by atoms with Crippen LogP contribution in [0.25, 0.3) is 0 Å². The monoisotopic (exact) mass is 323 g/mol. The standard InChI is InChI=1S/C16H19ClFN3O/c1-12-9-13(19-22-12)10-20-5-7-21(8-6-20)11-14-15(17)3-2-4-16(14)18/h2-4,9H,5-8,10-11H2,1H3. The molecule has 1 aliphatic heterocycles. The molecule has 2 aromatic rings. The van der Waals surface area contributed by atoms with Crippen LogP contribution in [0.5, 0.6) is 0 Å². The Morgan fingerprint density at radius 1 is 1.18 bits per heavy atom. The largest absolute Gasteiger partial charge is 0.361 e. The predicted molar refractivity (Wildman–Crippen MR) is 83.2 cm³/mol. The van der Waals surface area contributed by atoms with Crippen LogP contribution in [0.3, 0.4) is 0 Å². The second-order valence-electron chi connectivity index (χ2n) is 5.68. The van der Waals surface area contributed by atoms with Crippen LogP contribution in [-0.4, -0.2) is 41.1 Å². The third kappa shape index (κ3) is 3.66. The molecule has 1 fully saturated rings. The van der Waals surface area contributed by atoms with Crippen molar-refractivity contribution in [2.24, 2.45) is 0 Å². The van der Waals surface area contributed by atoms with Crippen molar-refractivity contribution in [3.63, 3.8) is 0 Å². The molecule has 0 bridgehead atoms. The molecule has 4 nitrogen and oxygen atoms in total. The molecule has 0 saturated carbocycles. The molecule has 1 aliphatic rings. The average Bonchev–Trinajstić information content (AvgIpc) is 2.90. The van der Waals surface area contributed by atoms with E-state index < -0.39 is 0 Å². The maximum atomic E-state index is 13.8. The first-order valence-corrected chi connectivity index (χ1v) is 7.79. The third-order valence-electron chi connectivity index (χ3n) is 3.97. The second kappa shape index (κ2) is 6.77. The van der Waals surface area contributed by atoms with Gasteiger partial charge in [0.05, 0.1) is 5.69 Å². The summed E-state index contributed by atoms with van der Waals surface area (Å²) in [6, 6.07) is 6.80. The third-order valence-corrected chi connectivity index (χ3v) is 4.32. The summed E-state index contributed by atoms with van der Waals surface area (Å²) in [6.07, 6.45) is 0. The summed E-state index contributed by atoms with van der Waals surface area (Å²) in [7, 11) is 0. The fraction of sp³-hybridized carbons (Fsp3) is 0.438. The highest BCUT2D eigenvalue weighted by molar-refractivity contribution is 6.31. The first kappa shape index (κ1) is 15.5. The summed E-state index contributed by atoms with van der Waals surface area (Å²) in [5.74, 6) is 0.607. The first-order valence-electron chi connectivity index (χ1n) is 7.41. The zero-order chi connectivity index (χ0) is 15.5. The van der Waals surface area contributed by atoms with Crippen LogP contribution in [-0.2, 0) is 13.1 Å². The van der Waals surface area contributed by atoms with Gasteiger partial charge in [0, 0.05) is 55.9 Å². The van der Waals surface area contributed by atoms with Crippen molar-refractivity contribution in [2.75, 3.05) is 26.2 Å². The lowest BCUT2D eigenvalue weighted by Gasteiger charge is -2.34. The van der Waals surface area contributed by atoms with Crippen LogP contribution < -0.4 is 0 Å². The van der Waals surface area contributed by atoms with Crippen LogP contribution in [0.2, 0.25) is 5.02 Å². The average molecular weight is 324 g/mol. The summed E-state index contributed by atoms with van der Waals surface area (Å²) in [5, 5.41) is 4.52. The number of aromatic nitrogens is 1. The first-order chi connectivity index (χ1) is 10.6. The molecule has 1 aromatic heterocycles. The molecule has 0 radical (unpaired) electrons. The highest BCUT2D eigenvalue weighted by Gasteiger charge is 2.20. The van der Waals surface area contributed by atoms with Gasteiger partial charge in [-0.15, -0.1) is 0 Å². The normalized spacial score (nSPS) is 17.0. The lowest BCUT2D eigenvalue weighted by Crippen LogP contribution is -2.45. The Kier molecular flexibility index (Phi) is 4.76. The van der Waals surface area contributed by atoms with Gasteiger partial charge >= 0.3 is 0 Å². The highest BCUT2D eigenvalue weighted by atomic mass is 35.5. The van der Waals surface area contributed by atoms with Gasteiger partial charge < -0.3 is 4.52 Å². The molecule has 2 heterocycles. The van der Waals surface area contributed by atoms with E-state index in [0.29, 0.717) is 17.1 Å². The zero-order valence-electron chi connectivity index (χ0n) is 12.6. The number of benzene rings is 1. The van der Waals surface area contributed by atoms with E-state index in [2.05, 4.69) is 15.0 Å². The summed E-state index contributed by atoms with van der Waals surface area (Å²) in [6.45, 7) is 6.89. The predicted octanol–water partition coefficient (Wildman–Crippen LogP) is 3.09. The second-order valence-corrected chi connectivity index (χ2v) is 6.09. The van der Waals surface area contributed by atoms with Crippen LogP contribution in [0, 0.1) is 12.7 Å². The van der Waals surface area contributed by atoms with Gasteiger partial charge in [0.1, 0.15) is 11.6 Å². The van der Waals surface area contributed by atoms with Crippen molar-refractivity contribution in [1.29, 1.82) is 0 Å². The number of hydrogen-bond donors (Lipinski definition) is 0. The van der Waals surface area contributed by atoms with Gasteiger partial charge in [-0.05, 0) is 19.1 Å². The minimum absolute atomic E-state index is 0.229. The number of halogens is 2. The van der Waals surface area contributed by atoms with Gasteiger partial charge in [0.2, 0.25) is 0 Å². The maximum absolute atomic E-state index is 13.8. The van der Waals surface area contributed by atoms with Crippen molar-refractivity contribution >= 4 is 11.6 Å². The molecule has 0 amide bonds. The summed E-state index contributed by atoms with van der Waals surface area (Å²) in [4.78, 5) is 4.56. The maximum Gasteiger partial charge on any atom is 0.133 e.